The van der Waals surface area contributed by atoms with Gasteiger partial charge in [-0.3, -0.25) is 9.69 Å². The highest BCUT2D eigenvalue weighted by Gasteiger charge is 2.42. The van der Waals surface area contributed by atoms with E-state index in [0.717, 1.165) is 19.5 Å². The van der Waals surface area contributed by atoms with Gasteiger partial charge in [-0.05, 0) is 20.3 Å². The molecular weight excluding hydrogens is 190 g/mol. The number of nitrogens with zero attached hydrogens (tertiary/aromatic N) is 2. The van der Waals surface area contributed by atoms with Crippen LogP contribution in [0.5, 0.6) is 0 Å². The number of amides is 1. The molecule has 1 atom stereocenters. The summed E-state index contributed by atoms with van der Waals surface area (Å²) >= 11 is 0. The Balaban J connectivity index is 2.86. The van der Waals surface area contributed by atoms with Crippen LogP contribution in [-0.4, -0.2) is 54.0 Å². The number of nitrogens with two attached hydrogens (primary N) is 1. The Bertz CT molecular complexity index is 236. The highest BCUT2D eigenvalue weighted by molar-refractivity contribution is 5.86. The first kappa shape index (κ1) is 12.5. The first-order chi connectivity index (χ1) is 6.95. The first-order valence-corrected chi connectivity index (χ1v) is 5.67. The maximum absolute atomic E-state index is 12.0. The summed E-state index contributed by atoms with van der Waals surface area (Å²) < 4.78 is 0. The van der Waals surface area contributed by atoms with Gasteiger partial charge in [0, 0.05) is 32.7 Å². The van der Waals surface area contributed by atoms with Crippen molar-refractivity contribution in [2.75, 3.05) is 26.7 Å². The predicted molar refractivity (Wildman–Crippen MR) is 61.6 cm³/mol. The largest absolute Gasteiger partial charge is 0.343 e. The lowest BCUT2D eigenvalue weighted by atomic mass is 9.94. The van der Waals surface area contributed by atoms with Crippen LogP contribution in [0.4, 0.5) is 0 Å². The minimum absolute atomic E-state index is 0.195. The monoisotopic (exact) mass is 213 g/mol. The molecule has 0 saturated carbocycles. The van der Waals surface area contributed by atoms with Crippen molar-refractivity contribution in [1.82, 2.24) is 9.80 Å². The number of rotatable bonds is 3. The average molecular weight is 213 g/mol. The molecule has 0 spiro atoms. The molecule has 1 amide bonds. The Morgan fingerprint density at radius 3 is 2.53 bits per heavy atom. The Hall–Kier alpha value is -0.610. The molecule has 1 aliphatic rings. The van der Waals surface area contributed by atoms with Crippen molar-refractivity contribution >= 4 is 5.91 Å². The van der Waals surface area contributed by atoms with Crippen molar-refractivity contribution in [2.45, 2.75) is 38.8 Å². The fraction of sp³-hybridized carbons (Fsp3) is 0.909. The van der Waals surface area contributed by atoms with E-state index < -0.39 is 5.54 Å². The Morgan fingerprint density at radius 2 is 2.07 bits per heavy atom. The molecule has 4 heteroatoms. The van der Waals surface area contributed by atoms with Gasteiger partial charge in [0.1, 0.15) is 0 Å². The Labute approximate surface area is 92.4 Å². The molecule has 0 aromatic heterocycles. The van der Waals surface area contributed by atoms with Crippen LogP contribution < -0.4 is 5.73 Å². The molecule has 1 heterocycles. The number of piperazine rings is 1. The molecule has 0 aromatic rings. The van der Waals surface area contributed by atoms with Gasteiger partial charge < -0.3 is 10.6 Å². The molecule has 1 saturated heterocycles. The molecule has 0 aliphatic carbocycles. The molecule has 2 N–H and O–H groups in total. The first-order valence-electron chi connectivity index (χ1n) is 5.67. The summed E-state index contributed by atoms with van der Waals surface area (Å²) in [7, 11) is 1.87. The van der Waals surface area contributed by atoms with Crippen molar-refractivity contribution in [2.24, 2.45) is 5.73 Å². The second-order valence-electron chi connectivity index (χ2n) is 4.78. The van der Waals surface area contributed by atoms with E-state index >= 15 is 0 Å². The van der Waals surface area contributed by atoms with E-state index in [-0.39, 0.29) is 5.91 Å². The lowest BCUT2D eigenvalue weighted by Crippen LogP contribution is -2.65. The molecule has 0 bridgehead atoms. The number of hydrogen-bond donors (Lipinski definition) is 1. The Kier molecular flexibility index (Phi) is 3.73. The lowest BCUT2D eigenvalue weighted by Gasteiger charge is -2.48. The second-order valence-corrected chi connectivity index (χ2v) is 4.78. The molecule has 1 fully saturated rings. The molecule has 0 aromatic carbocycles. The van der Waals surface area contributed by atoms with Gasteiger partial charge in [0.05, 0.1) is 5.54 Å². The van der Waals surface area contributed by atoms with E-state index in [1.165, 1.54) is 0 Å². The summed E-state index contributed by atoms with van der Waals surface area (Å²) in [6.45, 7) is 8.45. The van der Waals surface area contributed by atoms with Crippen LogP contribution in [0.3, 0.4) is 0 Å². The van der Waals surface area contributed by atoms with Crippen LogP contribution >= 0.6 is 0 Å². The summed E-state index contributed by atoms with van der Waals surface area (Å²) in [5, 5.41) is 0. The molecule has 1 rings (SSSR count). The normalized spacial score (nSPS) is 24.3. The lowest BCUT2D eigenvalue weighted by molar-refractivity contribution is -0.149. The topological polar surface area (TPSA) is 49.6 Å². The second kappa shape index (κ2) is 4.49. The third-order valence-corrected chi connectivity index (χ3v) is 3.45. The van der Waals surface area contributed by atoms with E-state index in [4.69, 9.17) is 5.73 Å². The zero-order valence-corrected chi connectivity index (χ0v) is 10.3. The molecule has 1 aliphatic heterocycles. The van der Waals surface area contributed by atoms with Crippen molar-refractivity contribution in [1.29, 1.82) is 0 Å². The quantitative estimate of drug-likeness (QED) is 0.732. The molecule has 0 radical (unpaired) electrons. The van der Waals surface area contributed by atoms with E-state index in [0.29, 0.717) is 12.6 Å². The standard InChI is InChI=1S/C11H23N3O/c1-5-9(8-12)14-7-6-13(4)10(15)11(14,2)3/h9H,5-8,12H2,1-4H3. The van der Waals surface area contributed by atoms with E-state index in [2.05, 4.69) is 11.8 Å². The molecule has 15 heavy (non-hydrogen) atoms. The fourth-order valence-electron chi connectivity index (χ4n) is 2.38. The molecular formula is C11H23N3O. The minimum Gasteiger partial charge on any atom is -0.343 e. The van der Waals surface area contributed by atoms with Crippen LogP contribution in [0.25, 0.3) is 0 Å². The summed E-state index contributed by atoms with van der Waals surface area (Å²) in [4.78, 5) is 16.1. The molecule has 88 valence electrons. The smallest absolute Gasteiger partial charge is 0.242 e. The summed E-state index contributed by atoms with van der Waals surface area (Å²) in [6, 6.07) is 0.317. The van der Waals surface area contributed by atoms with Gasteiger partial charge in [0.25, 0.3) is 0 Å². The van der Waals surface area contributed by atoms with Gasteiger partial charge >= 0.3 is 0 Å². The fourth-order valence-corrected chi connectivity index (χ4v) is 2.38. The minimum atomic E-state index is -0.410. The predicted octanol–water partition coefficient (Wildman–Crippen LogP) is 0.276. The van der Waals surface area contributed by atoms with Crippen molar-refractivity contribution in [3.63, 3.8) is 0 Å². The SMILES string of the molecule is CCC(CN)N1CCN(C)C(=O)C1(C)C. The van der Waals surface area contributed by atoms with Crippen LogP contribution in [0.2, 0.25) is 0 Å². The highest BCUT2D eigenvalue weighted by Crippen LogP contribution is 2.24. The van der Waals surface area contributed by atoms with Crippen molar-refractivity contribution in [3.8, 4) is 0 Å². The maximum atomic E-state index is 12.0. The number of carbonyl (C=O) groups excluding carboxylic acids is 1. The molecule has 4 nitrogen and oxygen atoms in total. The van der Waals surface area contributed by atoms with E-state index in [1.807, 2.05) is 20.9 Å². The number of likely N-dealkylation sites (N-methyl/N-ethyl adjacent to an activating group) is 1. The van der Waals surface area contributed by atoms with Crippen LogP contribution in [0.15, 0.2) is 0 Å². The van der Waals surface area contributed by atoms with E-state index in [1.54, 1.807) is 4.90 Å². The van der Waals surface area contributed by atoms with Crippen LogP contribution in [-0.2, 0) is 4.79 Å². The number of carbonyl (C=O) groups is 1. The van der Waals surface area contributed by atoms with Crippen LogP contribution in [0.1, 0.15) is 27.2 Å². The van der Waals surface area contributed by atoms with Crippen LogP contribution in [0, 0.1) is 0 Å². The van der Waals surface area contributed by atoms with E-state index in [9.17, 15) is 4.79 Å². The third kappa shape index (κ3) is 2.16. The van der Waals surface area contributed by atoms with Gasteiger partial charge in [0.2, 0.25) is 5.91 Å². The van der Waals surface area contributed by atoms with Gasteiger partial charge in [-0.15, -0.1) is 0 Å². The van der Waals surface area contributed by atoms with Crippen molar-refractivity contribution in [3.05, 3.63) is 0 Å². The van der Waals surface area contributed by atoms with Gasteiger partial charge in [0.15, 0.2) is 0 Å². The highest BCUT2D eigenvalue weighted by atomic mass is 16.2. The maximum Gasteiger partial charge on any atom is 0.242 e. The summed E-state index contributed by atoms with van der Waals surface area (Å²) in [6.07, 6.45) is 0.997. The van der Waals surface area contributed by atoms with Crippen molar-refractivity contribution < 1.29 is 4.79 Å². The van der Waals surface area contributed by atoms with Gasteiger partial charge in [-0.25, -0.2) is 0 Å². The zero-order chi connectivity index (χ0) is 11.6. The summed E-state index contributed by atoms with van der Waals surface area (Å²) in [5.74, 6) is 0.195. The van der Waals surface area contributed by atoms with Gasteiger partial charge in [-0.2, -0.15) is 0 Å². The number of hydrogen-bond acceptors (Lipinski definition) is 3. The third-order valence-electron chi connectivity index (χ3n) is 3.45. The summed E-state index contributed by atoms with van der Waals surface area (Å²) in [5.41, 5.74) is 5.34. The molecule has 1 unspecified atom stereocenters. The zero-order valence-electron chi connectivity index (χ0n) is 10.3. The average Bonchev–Trinajstić information content (AvgIpc) is 2.20. The van der Waals surface area contributed by atoms with Gasteiger partial charge in [-0.1, -0.05) is 6.92 Å². The Morgan fingerprint density at radius 1 is 1.47 bits per heavy atom.